The van der Waals surface area contributed by atoms with Gasteiger partial charge in [0.15, 0.2) is 0 Å². The van der Waals surface area contributed by atoms with Gasteiger partial charge < -0.3 is 4.74 Å². The number of sulfonamides is 1. The van der Waals surface area contributed by atoms with Gasteiger partial charge in [0, 0.05) is 22.7 Å². The molecule has 0 unspecified atom stereocenters. The highest BCUT2D eigenvalue weighted by molar-refractivity contribution is 7.89. The van der Waals surface area contributed by atoms with E-state index in [0.29, 0.717) is 20.1 Å². The lowest BCUT2D eigenvalue weighted by atomic mass is 10.2. The first-order valence-electron chi connectivity index (χ1n) is 7.00. The predicted octanol–water partition coefficient (Wildman–Crippen LogP) is 3.53. The maximum Gasteiger partial charge on any atom is 0.338 e. The highest BCUT2D eigenvalue weighted by Gasteiger charge is 2.22. The average Bonchev–Trinajstić information content (AvgIpc) is 2.60. The van der Waals surface area contributed by atoms with Crippen LogP contribution in [0.1, 0.15) is 15.9 Å². The summed E-state index contributed by atoms with van der Waals surface area (Å²) in [6, 6.07) is 10.3. The monoisotopic (exact) mass is 403 g/mol. The molecule has 0 aliphatic rings. The van der Waals surface area contributed by atoms with Gasteiger partial charge in [0.05, 0.1) is 17.6 Å². The summed E-state index contributed by atoms with van der Waals surface area (Å²) < 4.78 is 30.3. The van der Waals surface area contributed by atoms with Crippen molar-refractivity contribution in [1.29, 1.82) is 0 Å². The van der Waals surface area contributed by atoms with E-state index in [1.165, 1.54) is 38.4 Å². The third kappa shape index (κ3) is 4.71. The fourth-order valence-corrected chi connectivity index (χ4v) is 3.38. The minimum absolute atomic E-state index is 0.0657. The lowest BCUT2D eigenvalue weighted by Crippen LogP contribution is -2.25. The number of hydrogen-bond acceptors (Lipinski definition) is 5. The Kier molecular flexibility index (Phi) is 6.42. The van der Waals surface area contributed by atoms with Gasteiger partial charge >= 0.3 is 5.97 Å². The minimum Gasteiger partial charge on any atom is -0.457 e. The number of hydroxylamine groups is 1. The van der Waals surface area contributed by atoms with Crippen molar-refractivity contribution in [3.63, 3.8) is 0 Å². The van der Waals surface area contributed by atoms with Gasteiger partial charge in [0.25, 0.3) is 10.0 Å². The van der Waals surface area contributed by atoms with Crippen LogP contribution in [0.2, 0.25) is 10.0 Å². The lowest BCUT2D eigenvalue weighted by molar-refractivity contribution is -0.0258. The van der Waals surface area contributed by atoms with E-state index in [1.807, 2.05) is 0 Å². The number of halogens is 2. The molecule has 9 heteroatoms. The molecule has 0 bridgehead atoms. The topological polar surface area (TPSA) is 72.9 Å². The van der Waals surface area contributed by atoms with Gasteiger partial charge in [-0.15, -0.1) is 0 Å². The quantitative estimate of drug-likeness (QED) is 0.544. The molecule has 0 saturated carbocycles. The Morgan fingerprint density at radius 1 is 1.16 bits per heavy atom. The van der Waals surface area contributed by atoms with Crippen LogP contribution in [0.3, 0.4) is 0 Å². The maximum absolute atomic E-state index is 12.2. The highest BCUT2D eigenvalue weighted by Crippen LogP contribution is 2.22. The summed E-state index contributed by atoms with van der Waals surface area (Å²) in [6.45, 7) is -0.0657. The number of ether oxygens (including phenoxy) is 1. The number of nitrogens with zero attached hydrogens (tertiary/aromatic N) is 1. The summed E-state index contributed by atoms with van der Waals surface area (Å²) in [7, 11) is -1.38. The fraction of sp³-hybridized carbons (Fsp3) is 0.188. The van der Waals surface area contributed by atoms with Gasteiger partial charge in [-0.25, -0.2) is 13.2 Å². The van der Waals surface area contributed by atoms with E-state index in [4.69, 9.17) is 32.8 Å². The normalized spacial score (nSPS) is 11.6. The summed E-state index contributed by atoms with van der Waals surface area (Å²) >= 11 is 11.8. The molecular formula is C16H15Cl2NO5S. The van der Waals surface area contributed by atoms with E-state index >= 15 is 0 Å². The molecule has 25 heavy (non-hydrogen) atoms. The molecule has 6 nitrogen and oxygen atoms in total. The summed E-state index contributed by atoms with van der Waals surface area (Å²) in [5.41, 5.74) is 0.679. The van der Waals surface area contributed by atoms with Gasteiger partial charge in [-0.3, -0.25) is 4.84 Å². The van der Waals surface area contributed by atoms with E-state index < -0.39 is 16.0 Å². The van der Waals surface area contributed by atoms with Crippen molar-refractivity contribution < 1.29 is 22.8 Å². The summed E-state index contributed by atoms with van der Waals surface area (Å²) in [5.74, 6) is -0.678. The van der Waals surface area contributed by atoms with Crippen LogP contribution in [-0.4, -0.2) is 33.0 Å². The van der Waals surface area contributed by atoms with Gasteiger partial charge in [0.1, 0.15) is 6.61 Å². The number of benzene rings is 2. The smallest absolute Gasteiger partial charge is 0.338 e. The van der Waals surface area contributed by atoms with Crippen LogP contribution in [0, 0.1) is 0 Å². The van der Waals surface area contributed by atoms with E-state index in [1.54, 1.807) is 18.2 Å². The Morgan fingerprint density at radius 2 is 1.88 bits per heavy atom. The standard InChI is InChI=1S/C16H15Cl2NO5S/c1-19(23-2)25(21,22)14-5-3-4-11(8-14)16(20)24-10-12-6-7-13(17)9-15(12)18/h3-9H,10H2,1-2H3. The Hall–Kier alpha value is -1.64. The summed E-state index contributed by atoms with van der Waals surface area (Å²) in [4.78, 5) is 16.8. The molecule has 0 aliphatic carbocycles. The number of esters is 1. The average molecular weight is 404 g/mol. The zero-order valence-electron chi connectivity index (χ0n) is 13.4. The molecule has 0 fully saturated rings. The zero-order chi connectivity index (χ0) is 18.6. The number of rotatable bonds is 6. The first-order chi connectivity index (χ1) is 11.8. The minimum atomic E-state index is -3.86. The molecule has 0 heterocycles. The first kappa shape index (κ1) is 19.7. The second-order valence-corrected chi connectivity index (χ2v) is 7.72. The van der Waals surface area contributed by atoms with E-state index in [0.717, 1.165) is 0 Å². The molecule has 2 rings (SSSR count). The molecule has 134 valence electrons. The van der Waals surface area contributed by atoms with Crippen LogP contribution in [0.25, 0.3) is 0 Å². The fourth-order valence-electron chi connectivity index (χ4n) is 1.90. The molecule has 0 N–H and O–H groups in total. The molecule has 0 saturated heterocycles. The molecule has 0 aromatic heterocycles. The van der Waals surface area contributed by atoms with Crippen molar-refractivity contribution in [3.8, 4) is 0 Å². The third-order valence-corrected chi connectivity index (χ3v) is 5.60. The SMILES string of the molecule is CON(C)S(=O)(=O)c1cccc(C(=O)OCc2ccc(Cl)cc2Cl)c1. The highest BCUT2D eigenvalue weighted by atomic mass is 35.5. The summed E-state index contributed by atoms with van der Waals surface area (Å²) in [6.07, 6.45) is 0. The van der Waals surface area contributed by atoms with Crippen LogP contribution >= 0.6 is 23.2 Å². The molecule has 0 spiro atoms. The van der Waals surface area contributed by atoms with Crippen LogP contribution in [-0.2, 0) is 26.2 Å². The Morgan fingerprint density at radius 3 is 2.52 bits per heavy atom. The molecule has 0 atom stereocenters. The van der Waals surface area contributed by atoms with Crippen molar-refractivity contribution in [2.75, 3.05) is 14.2 Å². The van der Waals surface area contributed by atoms with Crippen LogP contribution in [0.4, 0.5) is 0 Å². The van der Waals surface area contributed by atoms with Crippen LogP contribution in [0.5, 0.6) is 0 Å². The Labute approximate surface area is 155 Å². The second kappa shape index (κ2) is 8.16. The van der Waals surface area contributed by atoms with Gasteiger partial charge in [-0.2, -0.15) is 0 Å². The van der Waals surface area contributed by atoms with E-state index in [2.05, 4.69) is 0 Å². The van der Waals surface area contributed by atoms with Crippen molar-refractivity contribution in [3.05, 3.63) is 63.6 Å². The summed E-state index contributed by atoms with van der Waals surface area (Å²) in [5, 5.41) is 0.846. The van der Waals surface area contributed by atoms with Crippen molar-refractivity contribution in [2.24, 2.45) is 0 Å². The van der Waals surface area contributed by atoms with Gasteiger partial charge in [-0.05, 0) is 30.3 Å². The molecule has 2 aromatic rings. The number of carbonyl (C=O) groups is 1. The largest absolute Gasteiger partial charge is 0.457 e. The van der Waals surface area contributed by atoms with Crippen LogP contribution < -0.4 is 0 Å². The lowest BCUT2D eigenvalue weighted by Gasteiger charge is -2.14. The van der Waals surface area contributed by atoms with Crippen molar-refractivity contribution in [1.82, 2.24) is 4.47 Å². The van der Waals surface area contributed by atoms with E-state index in [9.17, 15) is 13.2 Å². The van der Waals surface area contributed by atoms with Crippen LogP contribution in [0.15, 0.2) is 47.4 Å². The van der Waals surface area contributed by atoms with E-state index in [-0.39, 0.29) is 17.1 Å². The Balaban J connectivity index is 2.16. The predicted molar refractivity (Wildman–Crippen MR) is 94.0 cm³/mol. The Bertz CT molecular complexity index is 886. The molecule has 2 aromatic carbocycles. The number of carbonyl (C=O) groups excluding carboxylic acids is 1. The molecule has 0 amide bonds. The third-order valence-electron chi connectivity index (χ3n) is 3.34. The van der Waals surface area contributed by atoms with Gasteiger partial charge in [0.2, 0.25) is 0 Å². The van der Waals surface area contributed by atoms with Crippen molar-refractivity contribution >= 4 is 39.2 Å². The molecule has 0 aliphatic heterocycles. The maximum atomic E-state index is 12.2. The zero-order valence-corrected chi connectivity index (χ0v) is 15.7. The second-order valence-electron chi connectivity index (χ2n) is 4.94. The van der Waals surface area contributed by atoms with Gasteiger partial charge in [-0.1, -0.05) is 39.8 Å². The first-order valence-corrected chi connectivity index (χ1v) is 9.19. The molecular weight excluding hydrogens is 389 g/mol. The molecule has 0 radical (unpaired) electrons. The number of hydrogen-bond donors (Lipinski definition) is 0. The van der Waals surface area contributed by atoms with Crippen molar-refractivity contribution in [2.45, 2.75) is 11.5 Å².